The number of para-hydroxylation sites is 1. The Morgan fingerprint density at radius 3 is 1.33 bits per heavy atom. The van der Waals surface area contributed by atoms with E-state index in [1.165, 1.54) is 64.1 Å². The van der Waals surface area contributed by atoms with Gasteiger partial charge in [-0.1, -0.05) is 194 Å². The van der Waals surface area contributed by atoms with E-state index in [-0.39, 0.29) is 0 Å². The van der Waals surface area contributed by atoms with Gasteiger partial charge in [0.1, 0.15) is 0 Å². The summed E-state index contributed by atoms with van der Waals surface area (Å²) < 4.78 is 2.58. The van der Waals surface area contributed by atoms with Gasteiger partial charge in [0.25, 0.3) is 0 Å². The molecule has 12 rings (SSSR count). The third-order valence-electron chi connectivity index (χ3n) is 12.1. The van der Waals surface area contributed by atoms with E-state index in [0.717, 1.165) is 56.2 Å². The highest BCUT2D eigenvalue weighted by atomic mass is 32.1. The van der Waals surface area contributed by atoms with Gasteiger partial charge in [-0.25, -0.2) is 15.0 Å². The number of thiophene rings is 1. The summed E-state index contributed by atoms with van der Waals surface area (Å²) in [4.78, 5) is 15.2. The molecule has 4 heteroatoms. The first kappa shape index (κ1) is 36.8. The van der Waals surface area contributed by atoms with Crippen molar-refractivity contribution in [3.63, 3.8) is 0 Å². The summed E-state index contributed by atoms with van der Waals surface area (Å²) in [7, 11) is 0. The Morgan fingerprint density at radius 2 is 0.730 bits per heavy atom. The topological polar surface area (TPSA) is 38.7 Å². The molecule has 0 aliphatic heterocycles. The molecular weight excluding hydrogens is 783 g/mol. The van der Waals surface area contributed by atoms with Crippen molar-refractivity contribution in [2.45, 2.75) is 0 Å². The van der Waals surface area contributed by atoms with E-state index in [2.05, 4.69) is 188 Å². The number of hydrogen-bond donors (Lipinski definition) is 0. The number of hydrogen-bond acceptors (Lipinski definition) is 4. The van der Waals surface area contributed by atoms with Gasteiger partial charge in [0.05, 0.1) is 22.6 Å². The molecule has 294 valence electrons. The van der Waals surface area contributed by atoms with Crippen LogP contribution in [0.25, 0.3) is 120 Å². The molecule has 3 aromatic heterocycles. The van der Waals surface area contributed by atoms with Gasteiger partial charge in [0.15, 0.2) is 5.82 Å². The average Bonchev–Trinajstić information content (AvgIpc) is 3.75. The Kier molecular flexibility index (Phi) is 9.02. The highest BCUT2D eigenvalue weighted by molar-refractivity contribution is 7.26. The lowest BCUT2D eigenvalue weighted by Gasteiger charge is -2.12. The van der Waals surface area contributed by atoms with E-state index < -0.39 is 0 Å². The molecular formula is C59H37N3S. The molecule has 0 fully saturated rings. The molecule has 0 aliphatic rings. The maximum absolute atomic E-state index is 5.20. The first-order valence-corrected chi connectivity index (χ1v) is 22.1. The van der Waals surface area contributed by atoms with E-state index in [1.807, 2.05) is 47.7 Å². The number of pyridine rings is 1. The normalized spacial score (nSPS) is 11.5. The van der Waals surface area contributed by atoms with Crippen LogP contribution in [-0.2, 0) is 0 Å². The van der Waals surface area contributed by atoms with E-state index >= 15 is 0 Å². The zero-order chi connectivity index (χ0) is 41.7. The predicted molar refractivity (Wildman–Crippen MR) is 266 cm³/mol. The molecule has 12 aromatic rings. The van der Waals surface area contributed by atoms with Gasteiger partial charge in [-0.3, -0.25) is 0 Å². The summed E-state index contributed by atoms with van der Waals surface area (Å²) in [6.07, 6.45) is 0. The molecule has 0 saturated heterocycles. The van der Waals surface area contributed by atoms with Crippen LogP contribution in [0, 0.1) is 0 Å². The number of rotatable bonds is 7. The fraction of sp³-hybridized carbons (Fsp3) is 0. The van der Waals surface area contributed by atoms with Gasteiger partial charge in [0.2, 0.25) is 0 Å². The average molecular weight is 820 g/mol. The lowest BCUT2D eigenvalue weighted by Crippen LogP contribution is -1.95. The highest BCUT2D eigenvalue weighted by Gasteiger charge is 2.17. The molecule has 3 heterocycles. The third-order valence-corrected chi connectivity index (χ3v) is 13.3. The predicted octanol–water partition coefficient (Wildman–Crippen LogP) is 16.2. The standard InChI is InChI=1S/C59H37N3S/c1-4-12-43(13-5-1)52-37-53(62-59(61-52)46-16-8-3-9-17-46)44-30-28-41(29-31-44)39-22-20-38(21-23-39)40-24-26-42(27-25-40)47-32-34-54-50(36-47)57-55(63-54)35-33-49-56(57)48-18-10-11-19-51(48)60-58(49)45-14-6-2-7-15-45/h1-37H. The van der Waals surface area contributed by atoms with Crippen molar-refractivity contribution in [1.82, 2.24) is 15.0 Å². The minimum atomic E-state index is 0.718. The van der Waals surface area contributed by atoms with Crippen LogP contribution in [0.1, 0.15) is 0 Å². The van der Waals surface area contributed by atoms with Crippen molar-refractivity contribution >= 4 is 53.2 Å². The van der Waals surface area contributed by atoms with Crippen LogP contribution < -0.4 is 0 Å². The first-order valence-electron chi connectivity index (χ1n) is 21.2. The fourth-order valence-corrected chi connectivity index (χ4v) is 10.0. The Hall–Kier alpha value is -8.05. The van der Waals surface area contributed by atoms with Crippen LogP contribution in [0.3, 0.4) is 0 Å². The van der Waals surface area contributed by atoms with Crippen molar-refractivity contribution in [3.05, 3.63) is 224 Å². The number of fused-ring (bicyclic) bond motifs is 7. The molecule has 0 spiro atoms. The van der Waals surface area contributed by atoms with Crippen molar-refractivity contribution in [2.24, 2.45) is 0 Å². The summed E-state index contributed by atoms with van der Waals surface area (Å²) in [5.41, 5.74) is 15.2. The maximum Gasteiger partial charge on any atom is 0.160 e. The Balaban J connectivity index is 0.837. The molecule has 0 radical (unpaired) electrons. The lowest BCUT2D eigenvalue weighted by atomic mass is 9.95. The van der Waals surface area contributed by atoms with Crippen LogP contribution >= 0.6 is 11.3 Å². The molecule has 63 heavy (non-hydrogen) atoms. The minimum Gasteiger partial charge on any atom is -0.247 e. The van der Waals surface area contributed by atoms with Gasteiger partial charge in [0, 0.05) is 58.6 Å². The molecule has 9 aromatic carbocycles. The molecule has 0 saturated carbocycles. The third kappa shape index (κ3) is 6.74. The first-order chi connectivity index (χ1) is 31.2. The van der Waals surface area contributed by atoms with Crippen molar-refractivity contribution < 1.29 is 0 Å². The van der Waals surface area contributed by atoms with Crippen molar-refractivity contribution in [1.29, 1.82) is 0 Å². The zero-order valence-corrected chi connectivity index (χ0v) is 34.9. The summed E-state index contributed by atoms with van der Waals surface area (Å²) in [5.74, 6) is 0.718. The Bertz CT molecular complexity index is 3560. The van der Waals surface area contributed by atoms with Crippen LogP contribution in [0.4, 0.5) is 0 Å². The van der Waals surface area contributed by atoms with Gasteiger partial charge in [-0.15, -0.1) is 11.3 Å². The molecule has 0 aliphatic carbocycles. The van der Waals surface area contributed by atoms with Gasteiger partial charge in [-0.2, -0.15) is 0 Å². The van der Waals surface area contributed by atoms with Crippen LogP contribution in [0.5, 0.6) is 0 Å². The van der Waals surface area contributed by atoms with Gasteiger partial charge in [-0.05, 0) is 63.7 Å². The monoisotopic (exact) mass is 819 g/mol. The quantitative estimate of drug-likeness (QED) is 0.150. The van der Waals surface area contributed by atoms with Gasteiger partial charge >= 0.3 is 0 Å². The van der Waals surface area contributed by atoms with Crippen molar-refractivity contribution in [3.8, 4) is 78.5 Å². The second-order valence-electron chi connectivity index (χ2n) is 15.9. The highest BCUT2D eigenvalue weighted by Crippen LogP contribution is 2.44. The van der Waals surface area contributed by atoms with E-state index in [1.54, 1.807) is 0 Å². The second kappa shape index (κ2) is 15.4. The number of benzene rings is 9. The van der Waals surface area contributed by atoms with Crippen molar-refractivity contribution in [2.75, 3.05) is 0 Å². The summed E-state index contributed by atoms with van der Waals surface area (Å²) in [6, 6.07) is 79.7. The Morgan fingerprint density at radius 1 is 0.270 bits per heavy atom. The lowest BCUT2D eigenvalue weighted by molar-refractivity contribution is 1.18. The minimum absolute atomic E-state index is 0.718. The molecule has 3 nitrogen and oxygen atoms in total. The van der Waals surface area contributed by atoms with Crippen LogP contribution in [0.15, 0.2) is 224 Å². The molecule has 0 amide bonds. The summed E-state index contributed by atoms with van der Waals surface area (Å²) >= 11 is 1.86. The molecule has 0 atom stereocenters. The van der Waals surface area contributed by atoms with E-state index in [4.69, 9.17) is 15.0 Å². The van der Waals surface area contributed by atoms with E-state index in [9.17, 15) is 0 Å². The summed E-state index contributed by atoms with van der Waals surface area (Å²) in [5, 5.41) is 6.23. The van der Waals surface area contributed by atoms with Crippen LogP contribution in [0.2, 0.25) is 0 Å². The molecule has 0 N–H and O–H groups in total. The SMILES string of the molecule is c1ccc(-c2cc(-c3ccc(-c4ccc(-c5ccc(-c6ccc7sc8ccc9c(-c%10ccccc%10)nc%10ccccc%10c9c8c7c6)cc5)cc4)cc3)nc(-c3ccccc3)n2)cc1. The van der Waals surface area contributed by atoms with E-state index in [0.29, 0.717) is 0 Å². The smallest absolute Gasteiger partial charge is 0.160 e. The fourth-order valence-electron chi connectivity index (χ4n) is 8.92. The zero-order valence-electron chi connectivity index (χ0n) is 34.1. The molecule has 0 unspecified atom stereocenters. The molecule has 0 bridgehead atoms. The summed E-state index contributed by atoms with van der Waals surface area (Å²) in [6.45, 7) is 0. The van der Waals surface area contributed by atoms with Crippen LogP contribution in [-0.4, -0.2) is 15.0 Å². The number of aromatic nitrogens is 3. The number of nitrogens with zero attached hydrogens (tertiary/aromatic N) is 3. The Labute approximate surface area is 369 Å². The van der Waals surface area contributed by atoms with Gasteiger partial charge < -0.3 is 0 Å². The largest absolute Gasteiger partial charge is 0.247 e. The second-order valence-corrected chi connectivity index (χ2v) is 17.0. The maximum atomic E-state index is 5.20.